The van der Waals surface area contributed by atoms with E-state index in [0.717, 1.165) is 41.4 Å². The highest BCUT2D eigenvalue weighted by molar-refractivity contribution is 5.94. The zero-order valence-electron chi connectivity index (χ0n) is 18.8. The first kappa shape index (κ1) is 22.3. The molecule has 1 N–H and O–H groups in total. The summed E-state index contributed by atoms with van der Waals surface area (Å²) in [5, 5.41) is 13.5. The van der Waals surface area contributed by atoms with Gasteiger partial charge in [0.05, 0.1) is 17.3 Å². The lowest BCUT2D eigenvalue weighted by Gasteiger charge is -2.43. The van der Waals surface area contributed by atoms with Gasteiger partial charge >= 0.3 is 6.18 Å². The lowest BCUT2D eigenvalue weighted by molar-refractivity contribution is -0.138. The highest BCUT2D eigenvalue weighted by Gasteiger charge is 2.33. The maximum absolute atomic E-state index is 13.4. The molecule has 2 aromatic heterocycles. The van der Waals surface area contributed by atoms with Crippen molar-refractivity contribution in [2.45, 2.75) is 39.0 Å². The minimum atomic E-state index is -4.39. The van der Waals surface area contributed by atoms with Crippen LogP contribution in [0.1, 0.15) is 35.3 Å². The Bertz CT molecular complexity index is 1140. The van der Waals surface area contributed by atoms with Crippen LogP contribution >= 0.6 is 0 Å². The standard InChI is InChI=1S/C23H27F3N6/c1-13-17(7-6-8-20(13)23(24,25)26)14(2)28-22-18-9-21(32-11-16(12-32)31(4)5)27-10-19(18)15(3)29-30-22/h6-10,14,16H,11-12H2,1-5H3,(H,28,30)/t14-/m1/s1. The van der Waals surface area contributed by atoms with Crippen molar-refractivity contribution < 1.29 is 13.2 Å². The summed E-state index contributed by atoms with van der Waals surface area (Å²) in [5.74, 6) is 1.39. The maximum atomic E-state index is 13.4. The van der Waals surface area contributed by atoms with E-state index in [9.17, 15) is 13.2 Å². The Hall–Kier alpha value is -2.94. The van der Waals surface area contributed by atoms with Gasteiger partial charge in [0.1, 0.15) is 5.82 Å². The SMILES string of the molecule is Cc1c([C@@H](C)Nc2nnc(C)c3cnc(N4CC(N(C)C)C4)cc23)cccc1C(F)(F)F. The lowest BCUT2D eigenvalue weighted by atomic mass is 9.97. The van der Waals surface area contributed by atoms with Gasteiger partial charge in [-0.2, -0.15) is 18.3 Å². The quantitative estimate of drug-likeness (QED) is 0.622. The van der Waals surface area contributed by atoms with E-state index in [4.69, 9.17) is 0 Å². The van der Waals surface area contributed by atoms with E-state index in [0.29, 0.717) is 17.4 Å². The molecule has 3 heterocycles. The van der Waals surface area contributed by atoms with Crippen LogP contribution in [0.25, 0.3) is 10.8 Å². The number of benzene rings is 1. The summed E-state index contributed by atoms with van der Waals surface area (Å²) in [4.78, 5) is 8.99. The van der Waals surface area contributed by atoms with E-state index in [1.807, 2.05) is 19.9 Å². The van der Waals surface area contributed by atoms with Gasteiger partial charge in [-0.3, -0.25) is 0 Å². The van der Waals surface area contributed by atoms with Crippen LogP contribution < -0.4 is 10.2 Å². The van der Waals surface area contributed by atoms with Crippen molar-refractivity contribution in [3.63, 3.8) is 0 Å². The first-order chi connectivity index (χ1) is 15.1. The number of alkyl halides is 3. The topological polar surface area (TPSA) is 57.2 Å². The monoisotopic (exact) mass is 444 g/mol. The van der Waals surface area contributed by atoms with Crippen molar-refractivity contribution in [3.05, 3.63) is 52.8 Å². The van der Waals surface area contributed by atoms with Gasteiger partial charge in [-0.15, -0.1) is 5.10 Å². The zero-order chi connectivity index (χ0) is 23.2. The molecule has 0 spiro atoms. The maximum Gasteiger partial charge on any atom is 0.416 e. The summed E-state index contributed by atoms with van der Waals surface area (Å²) in [6, 6.07) is 6.34. The first-order valence-corrected chi connectivity index (χ1v) is 10.5. The summed E-state index contributed by atoms with van der Waals surface area (Å²) in [6.45, 7) is 6.99. The van der Waals surface area contributed by atoms with Crippen molar-refractivity contribution in [3.8, 4) is 0 Å². The molecule has 6 nitrogen and oxygen atoms in total. The molecule has 1 aliphatic rings. The molecule has 0 aliphatic carbocycles. The van der Waals surface area contributed by atoms with Crippen LogP contribution in [0.2, 0.25) is 0 Å². The largest absolute Gasteiger partial charge is 0.416 e. The molecule has 0 bridgehead atoms. The van der Waals surface area contributed by atoms with Crippen molar-refractivity contribution >= 4 is 22.4 Å². The summed E-state index contributed by atoms with van der Waals surface area (Å²) in [5.41, 5.74) is 0.911. The Morgan fingerprint density at radius 3 is 2.50 bits per heavy atom. The van der Waals surface area contributed by atoms with Crippen molar-refractivity contribution in [2.75, 3.05) is 37.4 Å². The highest BCUT2D eigenvalue weighted by atomic mass is 19.4. The van der Waals surface area contributed by atoms with Crippen LogP contribution in [-0.2, 0) is 6.18 Å². The molecule has 3 aromatic rings. The van der Waals surface area contributed by atoms with Gasteiger partial charge < -0.3 is 15.1 Å². The van der Waals surface area contributed by atoms with Gasteiger partial charge in [-0.25, -0.2) is 4.98 Å². The highest BCUT2D eigenvalue weighted by Crippen LogP contribution is 2.36. The molecule has 1 atom stereocenters. The minimum absolute atomic E-state index is 0.210. The van der Waals surface area contributed by atoms with Crippen molar-refractivity contribution in [1.29, 1.82) is 0 Å². The second kappa shape index (κ2) is 8.20. The fourth-order valence-corrected chi connectivity index (χ4v) is 4.12. The molecule has 0 amide bonds. The third-order valence-electron chi connectivity index (χ3n) is 6.25. The van der Waals surface area contributed by atoms with Crippen LogP contribution in [0.15, 0.2) is 30.5 Å². The Kier molecular flexibility index (Phi) is 5.70. The summed E-state index contributed by atoms with van der Waals surface area (Å²) < 4.78 is 40.1. The summed E-state index contributed by atoms with van der Waals surface area (Å²) in [6.07, 6.45) is -2.60. The number of pyridine rings is 1. The van der Waals surface area contributed by atoms with E-state index in [-0.39, 0.29) is 5.56 Å². The Balaban J connectivity index is 1.66. The first-order valence-electron chi connectivity index (χ1n) is 10.5. The predicted molar refractivity (Wildman–Crippen MR) is 120 cm³/mol. The molecular formula is C23H27F3N6. The number of anilines is 2. The summed E-state index contributed by atoms with van der Waals surface area (Å²) >= 11 is 0. The van der Waals surface area contributed by atoms with Gasteiger partial charge in [-0.05, 0) is 58.1 Å². The smallest absolute Gasteiger partial charge is 0.362 e. The number of nitrogens with zero attached hydrogens (tertiary/aromatic N) is 5. The van der Waals surface area contributed by atoms with E-state index in [1.54, 1.807) is 12.3 Å². The minimum Gasteiger partial charge on any atom is -0.362 e. The van der Waals surface area contributed by atoms with E-state index in [1.165, 1.54) is 13.0 Å². The van der Waals surface area contributed by atoms with Crippen LogP contribution in [0.4, 0.5) is 24.8 Å². The molecule has 4 rings (SSSR count). The lowest BCUT2D eigenvalue weighted by Crippen LogP contribution is -2.57. The molecule has 1 fully saturated rings. The molecule has 1 aliphatic heterocycles. The number of hydrogen-bond donors (Lipinski definition) is 1. The normalized spacial score (nSPS) is 15.8. The van der Waals surface area contributed by atoms with E-state index < -0.39 is 17.8 Å². The molecule has 1 saturated heterocycles. The zero-order valence-corrected chi connectivity index (χ0v) is 18.8. The third-order valence-corrected chi connectivity index (χ3v) is 6.25. The van der Waals surface area contributed by atoms with Crippen LogP contribution in [-0.4, -0.2) is 53.3 Å². The van der Waals surface area contributed by atoms with Crippen LogP contribution in [0, 0.1) is 13.8 Å². The second-order valence-electron chi connectivity index (χ2n) is 8.63. The van der Waals surface area contributed by atoms with Gasteiger partial charge in [0.25, 0.3) is 0 Å². The fourth-order valence-electron chi connectivity index (χ4n) is 4.12. The van der Waals surface area contributed by atoms with E-state index >= 15 is 0 Å². The average Bonchev–Trinajstić information content (AvgIpc) is 2.68. The molecule has 1 aromatic carbocycles. The predicted octanol–water partition coefficient (Wildman–Crippen LogP) is 4.58. The second-order valence-corrected chi connectivity index (χ2v) is 8.63. The van der Waals surface area contributed by atoms with Crippen molar-refractivity contribution in [1.82, 2.24) is 20.1 Å². The number of halogens is 3. The van der Waals surface area contributed by atoms with Gasteiger partial charge in [0, 0.05) is 36.1 Å². The Morgan fingerprint density at radius 1 is 1.12 bits per heavy atom. The van der Waals surface area contributed by atoms with Crippen LogP contribution in [0.3, 0.4) is 0 Å². The molecule has 32 heavy (non-hydrogen) atoms. The number of rotatable bonds is 5. The van der Waals surface area contributed by atoms with Crippen molar-refractivity contribution in [2.24, 2.45) is 0 Å². The molecule has 9 heteroatoms. The molecule has 0 radical (unpaired) electrons. The van der Waals surface area contributed by atoms with Gasteiger partial charge in [0.2, 0.25) is 0 Å². The number of likely N-dealkylation sites (N-methyl/N-ethyl adjacent to an activating group) is 1. The number of nitrogens with one attached hydrogen (secondary N) is 1. The Labute approximate surface area is 185 Å². The number of fused-ring (bicyclic) bond motifs is 1. The number of aryl methyl sites for hydroxylation is 1. The molecular weight excluding hydrogens is 417 g/mol. The fraction of sp³-hybridized carbons (Fsp3) is 0.435. The average molecular weight is 445 g/mol. The number of hydrogen-bond acceptors (Lipinski definition) is 6. The Morgan fingerprint density at radius 2 is 1.84 bits per heavy atom. The summed E-state index contributed by atoms with van der Waals surface area (Å²) in [7, 11) is 4.13. The van der Waals surface area contributed by atoms with Crippen LogP contribution in [0.5, 0.6) is 0 Å². The molecule has 0 unspecified atom stereocenters. The molecule has 170 valence electrons. The van der Waals surface area contributed by atoms with Gasteiger partial charge in [-0.1, -0.05) is 12.1 Å². The van der Waals surface area contributed by atoms with E-state index in [2.05, 4.69) is 44.4 Å². The van der Waals surface area contributed by atoms with Gasteiger partial charge in [0.15, 0.2) is 5.82 Å². The molecule has 0 saturated carbocycles. The third kappa shape index (κ3) is 4.09. The number of aromatic nitrogens is 3.